The molecule has 0 bridgehead atoms. The van der Waals surface area contributed by atoms with Crippen LogP contribution in [0.25, 0.3) is 11.5 Å². The van der Waals surface area contributed by atoms with Crippen LogP contribution in [-0.2, 0) is 0 Å². The average molecular weight is 345 g/mol. The van der Waals surface area contributed by atoms with Gasteiger partial charge in [-0.3, -0.25) is 5.10 Å². The zero-order chi connectivity index (χ0) is 17.1. The zero-order valence-corrected chi connectivity index (χ0v) is 14.8. The molecule has 1 N–H and O–H groups in total. The molecule has 1 atom stereocenters. The van der Waals surface area contributed by atoms with Crippen LogP contribution in [0.3, 0.4) is 0 Å². The lowest BCUT2D eigenvalue weighted by Crippen LogP contribution is -1.91. The Balaban J connectivity index is 1.71. The Bertz CT molecular complexity index is 797. The summed E-state index contributed by atoms with van der Waals surface area (Å²) in [6, 6.07) is 7.49. The Labute approximate surface area is 144 Å². The summed E-state index contributed by atoms with van der Waals surface area (Å²) in [5.74, 6) is 2.99. The molecule has 2 heterocycles. The maximum absolute atomic E-state index is 5.78. The molecule has 0 saturated carbocycles. The minimum absolute atomic E-state index is 0.0414. The lowest BCUT2D eigenvalue weighted by atomic mass is 10.2. The zero-order valence-electron chi connectivity index (χ0n) is 14.0. The summed E-state index contributed by atoms with van der Waals surface area (Å²) >= 11 is 1.48. The van der Waals surface area contributed by atoms with E-state index in [1.165, 1.54) is 11.8 Å². The molecule has 0 spiro atoms. The van der Waals surface area contributed by atoms with Gasteiger partial charge in [0.15, 0.2) is 0 Å². The Morgan fingerprint density at radius 1 is 1.12 bits per heavy atom. The van der Waals surface area contributed by atoms with Gasteiger partial charge in [0.05, 0.1) is 12.4 Å². The van der Waals surface area contributed by atoms with Crippen molar-refractivity contribution in [3.05, 3.63) is 36.0 Å². The van der Waals surface area contributed by atoms with E-state index in [-0.39, 0.29) is 5.25 Å². The monoisotopic (exact) mass is 345 g/mol. The highest BCUT2D eigenvalue weighted by atomic mass is 32.2. The van der Waals surface area contributed by atoms with Gasteiger partial charge in [-0.1, -0.05) is 25.6 Å². The van der Waals surface area contributed by atoms with Crippen molar-refractivity contribution in [2.24, 2.45) is 0 Å². The van der Waals surface area contributed by atoms with Crippen molar-refractivity contribution in [1.82, 2.24) is 25.4 Å². The highest BCUT2D eigenvalue weighted by molar-refractivity contribution is 7.99. The van der Waals surface area contributed by atoms with Crippen LogP contribution in [0.15, 0.2) is 33.8 Å². The van der Waals surface area contributed by atoms with Gasteiger partial charge in [-0.15, -0.1) is 15.3 Å². The number of benzene rings is 1. The summed E-state index contributed by atoms with van der Waals surface area (Å²) < 4.78 is 10.9. The molecule has 3 rings (SSSR count). The molecule has 3 aromatic rings. The Morgan fingerprint density at radius 3 is 2.50 bits per heavy atom. The third kappa shape index (κ3) is 3.59. The molecular formula is C16H19N5O2S. The van der Waals surface area contributed by atoms with Gasteiger partial charge >= 0.3 is 0 Å². The number of aromatic amines is 1. The molecule has 0 saturated heterocycles. The number of aromatic nitrogens is 5. The third-order valence-electron chi connectivity index (χ3n) is 3.44. The number of rotatable bonds is 6. The summed E-state index contributed by atoms with van der Waals surface area (Å²) in [5, 5.41) is 16.0. The fraction of sp³-hybridized carbons (Fsp3) is 0.375. The minimum Gasteiger partial charge on any atom is -0.497 e. The van der Waals surface area contributed by atoms with Crippen LogP contribution in [0, 0.1) is 0 Å². The quantitative estimate of drug-likeness (QED) is 0.679. The Morgan fingerprint density at radius 2 is 1.88 bits per heavy atom. The molecule has 0 aliphatic heterocycles. The average Bonchev–Trinajstić information content (AvgIpc) is 3.24. The molecule has 2 aromatic heterocycles. The number of ether oxygens (including phenoxy) is 1. The van der Waals surface area contributed by atoms with Crippen molar-refractivity contribution in [3.8, 4) is 17.2 Å². The molecule has 7 nitrogen and oxygen atoms in total. The van der Waals surface area contributed by atoms with E-state index in [0.29, 0.717) is 22.9 Å². The summed E-state index contributed by atoms with van der Waals surface area (Å²) in [4.78, 5) is 4.45. The second-order valence-electron chi connectivity index (χ2n) is 5.59. The van der Waals surface area contributed by atoms with E-state index in [2.05, 4.69) is 39.2 Å². The summed E-state index contributed by atoms with van der Waals surface area (Å²) in [7, 11) is 1.63. The molecule has 0 radical (unpaired) electrons. The first-order valence-electron chi connectivity index (χ1n) is 7.63. The van der Waals surface area contributed by atoms with E-state index in [0.717, 1.165) is 17.1 Å². The number of thioether (sulfide) groups is 1. The molecular weight excluding hydrogens is 326 g/mol. The fourth-order valence-corrected chi connectivity index (χ4v) is 2.79. The van der Waals surface area contributed by atoms with Crippen LogP contribution in [0.2, 0.25) is 0 Å². The van der Waals surface area contributed by atoms with E-state index < -0.39 is 0 Å². The predicted molar refractivity (Wildman–Crippen MR) is 91.0 cm³/mol. The molecule has 1 aromatic carbocycles. The largest absolute Gasteiger partial charge is 0.497 e. The van der Waals surface area contributed by atoms with Crippen molar-refractivity contribution in [1.29, 1.82) is 0 Å². The lowest BCUT2D eigenvalue weighted by molar-refractivity contribution is 0.415. The first kappa shape index (κ1) is 16.5. The van der Waals surface area contributed by atoms with Crippen LogP contribution in [0.5, 0.6) is 5.75 Å². The lowest BCUT2D eigenvalue weighted by Gasteiger charge is -2.02. The first-order valence-corrected chi connectivity index (χ1v) is 8.51. The molecule has 0 fully saturated rings. The van der Waals surface area contributed by atoms with Gasteiger partial charge < -0.3 is 9.15 Å². The SMILES string of the molecule is COc1ccc(-c2nnc([C@@H](C)Sc3n[nH]c(C(C)C)n3)o2)cc1. The summed E-state index contributed by atoms with van der Waals surface area (Å²) in [6.45, 7) is 6.12. The minimum atomic E-state index is -0.0414. The summed E-state index contributed by atoms with van der Waals surface area (Å²) in [5.41, 5.74) is 0.853. The van der Waals surface area contributed by atoms with Crippen molar-refractivity contribution in [2.45, 2.75) is 37.1 Å². The van der Waals surface area contributed by atoms with Crippen LogP contribution < -0.4 is 4.74 Å². The third-order valence-corrected chi connectivity index (χ3v) is 4.39. The van der Waals surface area contributed by atoms with E-state index in [1.807, 2.05) is 31.2 Å². The van der Waals surface area contributed by atoms with Gasteiger partial charge in [0, 0.05) is 11.5 Å². The first-order chi connectivity index (χ1) is 11.6. The second kappa shape index (κ2) is 7.04. The van der Waals surface area contributed by atoms with Gasteiger partial charge in [0.1, 0.15) is 11.6 Å². The van der Waals surface area contributed by atoms with Crippen LogP contribution in [-0.4, -0.2) is 32.5 Å². The molecule has 0 amide bonds. The van der Waals surface area contributed by atoms with Gasteiger partial charge in [-0.05, 0) is 31.2 Å². The smallest absolute Gasteiger partial charge is 0.247 e. The molecule has 0 aliphatic rings. The van der Waals surface area contributed by atoms with E-state index in [1.54, 1.807) is 7.11 Å². The van der Waals surface area contributed by atoms with Crippen LogP contribution in [0.4, 0.5) is 0 Å². The number of hydrogen-bond acceptors (Lipinski definition) is 7. The van der Waals surface area contributed by atoms with Crippen molar-refractivity contribution in [2.75, 3.05) is 7.11 Å². The summed E-state index contributed by atoms with van der Waals surface area (Å²) in [6.07, 6.45) is 0. The van der Waals surface area contributed by atoms with Gasteiger partial charge in [0.25, 0.3) is 0 Å². The number of hydrogen-bond donors (Lipinski definition) is 1. The maximum atomic E-state index is 5.78. The molecule has 8 heteroatoms. The molecule has 0 unspecified atom stereocenters. The number of nitrogens with zero attached hydrogens (tertiary/aromatic N) is 4. The van der Waals surface area contributed by atoms with E-state index >= 15 is 0 Å². The van der Waals surface area contributed by atoms with Crippen LogP contribution in [0.1, 0.15) is 43.7 Å². The van der Waals surface area contributed by atoms with Crippen molar-refractivity contribution in [3.63, 3.8) is 0 Å². The Kier molecular flexibility index (Phi) is 4.84. The number of methoxy groups -OCH3 is 1. The molecule has 24 heavy (non-hydrogen) atoms. The number of H-pyrrole nitrogens is 1. The van der Waals surface area contributed by atoms with Gasteiger partial charge in [-0.2, -0.15) is 0 Å². The van der Waals surface area contributed by atoms with E-state index in [4.69, 9.17) is 9.15 Å². The molecule has 0 aliphatic carbocycles. The normalized spacial score (nSPS) is 12.5. The molecule has 126 valence electrons. The maximum Gasteiger partial charge on any atom is 0.247 e. The van der Waals surface area contributed by atoms with Crippen molar-refractivity contribution >= 4 is 11.8 Å². The Hall–Kier alpha value is -2.35. The van der Waals surface area contributed by atoms with Crippen molar-refractivity contribution < 1.29 is 9.15 Å². The number of nitrogens with one attached hydrogen (secondary N) is 1. The highest BCUT2D eigenvalue weighted by Gasteiger charge is 2.19. The predicted octanol–water partition coefficient (Wildman–Crippen LogP) is 3.84. The topological polar surface area (TPSA) is 89.7 Å². The second-order valence-corrected chi connectivity index (χ2v) is 6.90. The standard InChI is InChI=1S/C16H19N5O2S/c1-9(2)13-17-16(21-18-13)24-10(3)14-19-20-15(23-14)11-5-7-12(22-4)8-6-11/h5-10H,1-4H3,(H,17,18,21)/t10-/m1/s1. The highest BCUT2D eigenvalue weighted by Crippen LogP contribution is 2.33. The van der Waals surface area contributed by atoms with Crippen LogP contribution >= 0.6 is 11.8 Å². The van der Waals surface area contributed by atoms with Gasteiger partial charge in [-0.25, -0.2) is 4.98 Å². The van der Waals surface area contributed by atoms with E-state index in [9.17, 15) is 0 Å². The fourth-order valence-electron chi connectivity index (χ4n) is 2.03. The van der Waals surface area contributed by atoms with Gasteiger partial charge in [0.2, 0.25) is 16.9 Å².